The van der Waals surface area contributed by atoms with Crippen molar-refractivity contribution in [3.8, 4) is 5.69 Å². The smallest absolute Gasteiger partial charge is 0.186 e. The molecule has 0 unspecified atom stereocenters. The van der Waals surface area contributed by atoms with Crippen molar-refractivity contribution in [1.82, 2.24) is 9.78 Å². The number of hydrogen-bond acceptors (Lipinski definition) is 3. The highest BCUT2D eigenvalue weighted by molar-refractivity contribution is 8.13. The molecule has 0 aliphatic heterocycles. The van der Waals surface area contributed by atoms with Crippen molar-refractivity contribution in [3.05, 3.63) is 53.4 Å². The summed E-state index contributed by atoms with van der Waals surface area (Å²) in [6.45, 7) is 5.63. The standard InChI is InChI=1S/C16H18N2OS/c1-12-10-13(2)18(17-12)16-8-4-6-15(11-16)7-5-9-20-14(3)19/h4-8,10-11H,9H2,1-3H3. The van der Waals surface area contributed by atoms with E-state index in [4.69, 9.17) is 0 Å². The molecule has 20 heavy (non-hydrogen) atoms. The van der Waals surface area contributed by atoms with E-state index >= 15 is 0 Å². The molecule has 2 rings (SSSR count). The van der Waals surface area contributed by atoms with Crippen LogP contribution in [0.2, 0.25) is 0 Å². The van der Waals surface area contributed by atoms with Gasteiger partial charge in [0.15, 0.2) is 5.12 Å². The molecule has 0 radical (unpaired) electrons. The van der Waals surface area contributed by atoms with Crippen LogP contribution in [0, 0.1) is 13.8 Å². The maximum atomic E-state index is 10.9. The molecule has 1 aromatic heterocycles. The van der Waals surface area contributed by atoms with E-state index in [1.165, 1.54) is 11.8 Å². The highest BCUT2D eigenvalue weighted by Crippen LogP contribution is 2.15. The molecule has 0 saturated carbocycles. The van der Waals surface area contributed by atoms with Crippen LogP contribution in [0.1, 0.15) is 23.9 Å². The van der Waals surface area contributed by atoms with Crippen molar-refractivity contribution in [2.24, 2.45) is 0 Å². The van der Waals surface area contributed by atoms with E-state index in [1.54, 1.807) is 6.92 Å². The third kappa shape index (κ3) is 3.84. The summed E-state index contributed by atoms with van der Waals surface area (Å²) in [7, 11) is 0. The predicted molar refractivity (Wildman–Crippen MR) is 85.2 cm³/mol. The van der Waals surface area contributed by atoms with Gasteiger partial charge in [0.25, 0.3) is 0 Å². The number of aryl methyl sites for hydroxylation is 2. The fraction of sp³-hybridized carbons (Fsp3) is 0.250. The maximum Gasteiger partial charge on any atom is 0.186 e. The van der Waals surface area contributed by atoms with Crippen LogP contribution in [0.5, 0.6) is 0 Å². The summed E-state index contributed by atoms with van der Waals surface area (Å²) in [6, 6.07) is 10.3. The van der Waals surface area contributed by atoms with Crippen LogP contribution in [0.4, 0.5) is 0 Å². The molecule has 3 nitrogen and oxygen atoms in total. The van der Waals surface area contributed by atoms with Crippen LogP contribution in [-0.2, 0) is 4.79 Å². The van der Waals surface area contributed by atoms with Gasteiger partial charge in [0, 0.05) is 18.4 Å². The topological polar surface area (TPSA) is 34.9 Å². The normalized spacial score (nSPS) is 11.2. The van der Waals surface area contributed by atoms with Crippen LogP contribution in [0.3, 0.4) is 0 Å². The molecular formula is C16H18N2OS. The highest BCUT2D eigenvalue weighted by atomic mass is 32.2. The van der Waals surface area contributed by atoms with Crippen LogP contribution in [0.25, 0.3) is 11.8 Å². The van der Waals surface area contributed by atoms with E-state index in [1.807, 2.05) is 48.9 Å². The molecule has 0 saturated heterocycles. The molecule has 104 valence electrons. The Bertz CT molecular complexity index is 644. The number of rotatable bonds is 4. The van der Waals surface area contributed by atoms with Gasteiger partial charge in [-0.25, -0.2) is 4.68 Å². The first-order valence-corrected chi connectivity index (χ1v) is 7.48. The Morgan fingerprint density at radius 2 is 2.15 bits per heavy atom. The average Bonchev–Trinajstić information content (AvgIpc) is 2.74. The number of hydrogen-bond donors (Lipinski definition) is 0. The van der Waals surface area contributed by atoms with Crippen LogP contribution in [0.15, 0.2) is 36.4 Å². The van der Waals surface area contributed by atoms with Crippen molar-refractivity contribution in [1.29, 1.82) is 0 Å². The molecular weight excluding hydrogens is 268 g/mol. The van der Waals surface area contributed by atoms with Gasteiger partial charge in [-0.1, -0.05) is 36.0 Å². The summed E-state index contributed by atoms with van der Waals surface area (Å²) in [4.78, 5) is 10.9. The molecule has 0 aliphatic carbocycles. The second-order valence-corrected chi connectivity index (χ2v) is 5.84. The van der Waals surface area contributed by atoms with Gasteiger partial charge in [-0.05, 0) is 37.6 Å². The molecule has 0 bridgehead atoms. The molecule has 0 N–H and O–H groups in total. The highest BCUT2D eigenvalue weighted by Gasteiger charge is 2.03. The number of thioether (sulfide) groups is 1. The van der Waals surface area contributed by atoms with Gasteiger partial charge in [0.05, 0.1) is 11.4 Å². The second-order valence-electron chi connectivity index (χ2n) is 4.64. The molecule has 0 fully saturated rings. The van der Waals surface area contributed by atoms with Gasteiger partial charge in [-0.3, -0.25) is 4.79 Å². The zero-order valence-corrected chi connectivity index (χ0v) is 12.8. The Hall–Kier alpha value is -1.81. The zero-order valence-electron chi connectivity index (χ0n) is 12.0. The first-order chi connectivity index (χ1) is 9.56. The van der Waals surface area contributed by atoms with Gasteiger partial charge in [-0.15, -0.1) is 0 Å². The lowest BCUT2D eigenvalue weighted by Gasteiger charge is -2.05. The molecule has 0 aliphatic rings. The Balaban J connectivity index is 2.16. The van der Waals surface area contributed by atoms with E-state index < -0.39 is 0 Å². The maximum absolute atomic E-state index is 10.9. The Morgan fingerprint density at radius 3 is 2.80 bits per heavy atom. The number of aromatic nitrogens is 2. The number of benzene rings is 1. The third-order valence-electron chi connectivity index (χ3n) is 2.82. The molecule has 1 aromatic carbocycles. The molecule has 0 spiro atoms. The summed E-state index contributed by atoms with van der Waals surface area (Å²) in [5.74, 6) is 0.708. The van der Waals surface area contributed by atoms with E-state index in [2.05, 4.69) is 17.2 Å². The summed E-state index contributed by atoms with van der Waals surface area (Å²) < 4.78 is 1.94. The van der Waals surface area contributed by atoms with Crippen molar-refractivity contribution in [2.45, 2.75) is 20.8 Å². The van der Waals surface area contributed by atoms with Gasteiger partial charge in [0.1, 0.15) is 0 Å². The molecule has 1 heterocycles. The Morgan fingerprint density at radius 1 is 1.35 bits per heavy atom. The molecule has 4 heteroatoms. The first-order valence-electron chi connectivity index (χ1n) is 6.50. The Labute approximate surface area is 123 Å². The predicted octanol–water partition coefficient (Wildman–Crippen LogP) is 3.78. The van der Waals surface area contributed by atoms with Gasteiger partial charge in [-0.2, -0.15) is 5.10 Å². The van der Waals surface area contributed by atoms with Gasteiger partial charge in [0.2, 0.25) is 0 Å². The summed E-state index contributed by atoms with van der Waals surface area (Å²) in [5, 5.41) is 4.63. The minimum absolute atomic E-state index is 0.144. The fourth-order valence-electron chi connectivity index (χ4n) is 2.00. The second kappa shape index (κ2) is 6.57. The van der Waals surface area contributed by atoms with E-state index in [0.717, 1.165) is 22.6 Å². The molecule has 0 amide bonds. The largest absolute Gasteiger partial charge is 0.288 e. The Kier molecular flexibility index (Phi) is 4.79. The summed E-state index contributed by atoms with van der Waals surface area (Å²) in [5.41, 5.74) is 4.30. The fourth-order valence-corrected chi connectivity index (χ4v) is 2.43. The SMILES string of the molecule is CC(=O)SCC=Cc1cccc(-n2nc(C)cc2C)c1. The van der Waals surface area contributed by atoms with Crippen LogP contribution < -0.4 is 0 Å². The molecule has 2 aromatic rings. The van der Waals surface area contributed by atoms with E-state index in [0.29, 0.717) is 5.75 Å². The number of carbonyl (C=O) groups is 1. The van der Waals surface area contributed by atoms with Gasteiger partial charge < -0.3 is 0 Å². The van der Waals surface area contributed by atoms with E-state index in [9.17, 15) is 4.79 Å². The van der Waals surface area contributed by atoms with Crippen LogP contribution in [-0.4, -0.2) is 20.6 Å². The average molecular weight is 286 g/mol. The number of carbonyl (C=O) groups excluding carboxylic acids is 1. The minimum Gasteiger partial charge on any atom is -0.288 e. The van der Waals surface area contributed by atoms with Crippen molar-refractivity contribution in [3.63, 3.8) is 0 Å². The van der Waals surface area contributed by atoms with Crippen LogP contribution >= 0.6 is 11.8 Å². The van der Waals surface area contributed by atoms with Crippen molar-refractivity contribution < 1.29 is 4.79 Å². The molecule has 0 atom stereocenters. The van der Waals surface area contributed by atoms with Gasteiger partial charge >= 0.3 is 0 Å². The number of nitrogens with zero attached hydrogens (tertiary/aromatic N) is 2. The lowest BCUT2D eigenvalue weighted by atomic mass is 10.2. The van der Waals surface area contributed by atoms with E-state index in [-0.39, 0.29) is 5.12 Å². The summed E-state index contributed by atoms with van der Waals surface area (Å²) in [6.07, 6.45) is 4.04. The third-order valence-corrected chi connectivity index (χ3v) is 3.58. The summed E-state index contributed by atoms with van der Waals surface area (Å²) >= 11 is 1.31. The lowest BCUT2D eigenvalue weighted by Crippen LogP contribution is -1.98. The quantitative estimate of drug-likeness (QED) is 0.858. The lowest BCUT2D eigenvalue weighted by molar-refractivity contribution is -0.109. The van der Waals surface area contributed by atoms with Crippen molar-refractivity contribution in [2.75, 3.05) is 5.75 Å². The zero-order chi connectivity index (χ0) is 14.5. The minimum atomic E-state index is 0.144. The first kappa shape index (κ1) is 14.6. The van der Waals surface area contributed by atoms with Crippen molar-refractivity contribution >= 4 is 23.0 Å². The monoisotopic (exact) mass is 286 g/mol.